The maximum Gasteiger partial charge on any atom is 0.261 e. The van der Waals surface area contributed by atoms with Crippen LogP contribution in [0.25, 0.3) is 0 Å². The number of anilines is 1. The summed E-state index contributed by atoms with van der Waals surface area (Å²) in [6, 6.07) is 18.3. The van der Waals surface area contributed by atoms with Gasteiger partial charge in [-0.25, -0.2) is 16.8 Å². The highest BCUT2D eigenvalue weighted by molar-refractivity contribution is 7.92. The monoisotopic (exact) mass is 601 g/mol. The van der Waals surface area contributed by atoms with Crippen LogP contribution in [0.15, 0.2) is 82.6 Å². The number of aliphatic hydroxyl groups is 1. The highest BCUT2D eigenvalue weighted by Gasteiger charge is 2.35. The van der Waals surface area contributed by atoms with Crippen molar-refractivity contribution in [2.75, 3.05) is 31.5 Å². The summed E-state index contributed by atoms with van der Waals surface area (Å²) in [5.74, 6) is -0.563. The molecule has 41 heavy (non-hydrogen) atoms. The van der Waals surface area contributed by atoms with Crippen molar-refractivity contribution >= 4 is 31.6 Å². The Morgan fingerprint density at radius 3 is 2.32 bits per heavy atom. The van der Waals surface area contributed by atoms with Crippen LogP contribution in [0.3, 0.4) is 0 Å². The molecule has 0 aromatic heterocycles. The second-order valence-corrected chi connectivity index (χ2v) is 14.1. The standard InChI is InChI=1S/C29H35N3O7S2/c1-20-10-13-25(14-11-20)41(37,38)31(4)18-28-21(2)17-32(22(3)19-33)29(34)26-16-23(12-15-27(26)39-28)30-40(35,36)24-8-6-5-7-9-24/h5-16,21-22,28,30,33H,17-19H2,1-4H3/t21-,22-,28-/m0/s1. The maximum absolute atomic E-state index is 13.7. The van der Waals surface area contributed by atoms with Crippen LogP contribution >= 0.6 is 0 Å². The first-order chi connectivity index (χ1) is 19.3. The summed E-state index contributed by atoms with van der Waals surface area (Å²) in [4.78, 5) is 15.4. The molecule has 3 atom stereocenters. The summed E-state index contributed by atoms with van der Waals surface area (Å²) in [7, 11) is -6.26. The zero-order valence-electron chi connectivity index (χ0n) is 23.4. The summed E-state index contributed by atoms with van der Waals surface area (Å²) >= 11 is 0. The van der Waals surface area contributed by atoms with E-state index in [-0.39, 0.29) is 52.4 Å². The van der Waals surface area contributed by atoms with Gasteiger partial charge in [-0.05, 0) is 56.3 Å². The number of aryl methyl sites for hydroxylation is 1. The van der Waals surface area contributed by atoms with Crippen LogP contribution in [-0.2, 0) is 20.0 Å². The van der Waals surface area contributed by atoms with Gasteiger partial charge < -0.3 is 14.7 Å². The lowest BCUT2D eigenvalue weighted by molar-refractivity contribution is 0.0387. The Morgan fingerprint density at radius 2 is 1.68 bits per heavy atom. The molecule has 1 amide bonds. The van der Waals surface area contributed by atoms with Crippen LogP contribution in [0, 0.1) is 12.8 Å². The van der Waals surface area contributed by atoms with Crippen LogP contribution in [0.5, 0.6) is 5.75 Å². The molecule has 0 fully saturated rings. The Bertz CT molecular complexity index is 1600. The van der Waals surface area contributed by atoms with Crippen molar-refractivity contribution in [2.45, 2.75) is 42.7 Å². The summed E-state index contributed by atoms with van der Waals surface area (Å²) in [5.41, 5.74) is 1.19. The smallest absolute Gasteiger partial charge is 0.261 e. The molecule has 0 aliphatic carbocycles. The van der Waals surface area contributed by atoms with Crippen molar-refractivity contribution in [1.29, 1.82) is 0 Å². The molecule has 12 heteroatoms. The van der Waals surface area contributed by atoms with Crippen molar-refractivity contribution in [3.8, 4) is 5.75 Å². The number of benzene rings is 3. The number of ether oxygens (including phenoxy) is 1. The van der Waals surface area contributed by atoms with Crippen LogP contribution in [-0.4, -0.2) is 75.9 Å². The van der Waals surface area contributed by atoms with Gasteiger partial charge in [0.25, 0.3) is 15.9 Å². The molecule has 3 aromatic rings. The number of fused-ring (bicyclic) bond motifs is 1. The maximum atomic E-state index is 13.7. The molecule has 0 unspecified atom stereocenters. The van der Waals surface area contributed by atoms with E-state index in [1.807, 2.05) is 13.8 Å². The van der Waals surface area contributed by atoms with Gasteiger partial charge >= 0.3 is 0 Å². The Hall–Kier alpha value is -3.45. The topological polar surface area (TPSA) is 133 Å². The lowest BCUT2D eigenvalue weighted by atomic mass is 9.99. The Morgan fingerprint density at radius 1 is 1.02 bits per heavy atom. The zero-order chi connectivity index (χ0) is 29.9. The van der Waals surface area contributed by atoms with Crippen molar-refractivity contribution in [1.82, 2.24) is 9.21 Å². The third-order valence-electron chi connectivity index (χ3n) is 7.14. The fourth-order valence-corrected chi connectivity index (χ4v) is 6.81. The van der Waals surface area contributed by atoms with Crippen LogP contribution in [0.2, 0.25) is 0 Å². The summed E-state index contributed by atoms with van der Waals surface area (Å²) < 4.78 is 62.4. The third-order valence-corrected chi connectivity index (χ3v) is 10.4. The minimum atomic E-state index is -3.92. The highest BCUT2D eigenvalue weighted by Crippen LogP contribution is 2.32. The number of hydrogen-bond acceptors (Lipinski definition) is 7. The average molecular weight is 602 g/mol. The highest BCUT2D eigenvalue weighted by atomic mass is 32.2. The molecule has 1 aliphatic heterocycles. The van der Waals surface area contributed by atoms with E-state index in [0.717, 1.165) is 5.56 Å². The number of carbonyl (C=O) groups excluding carboxylic acids is 1. The van der Waals surface area contributed by atoms with E-state index < -0.39 is 38.1 Å². The van der Waals surface area contributed by atoms with Gasteiger partial charge in [0.15, 0.2) is 0 Å². The third kappa shape index (κ3) is 6.72. The Labute approximate surface area is 241 Å². The number of nitrogens with zero attached hydrogens (tertiary/aromatic N) is 2. The number of amides is 1. The fourth-order valence-electron chi connectivity index (χ4n) is 4.56. The van der Waals surface area contributed by atoms with E-state index in [1.54, 1.807) is 49.4 Å². The first-order valence-electron chi connectivity index (χ1n) is 13.2. The molecular formula is C29H35N3O7S2. The average Bonchev–Trinajstić information content (AvgIpc) is 2.95. The first-order valence-corrected chi connectivity index (χ1v) is 16.1. The van der Waals surface area contributed by atoms with Crippen molar-refractivity contribution in [3.05, 3.63) is 83.9 Å². The minimum Gasteiger partial charge on any atom is -0.488 e. The second-order valence-electron chi connectivity index (χ2n) is 10.4. The Kier molecular flexibility index (Phi) is 9.07. The first kappa shape index (κ1) is 30.5. The van der Waals surface area contributed by atoms with Gasteiger partial charge in [0, 0.05) is 25.2 Å². The van der Waals surface area contributed by atoms with Crippen LogP contribution in [0.1, 0.15) is 29.8 Å². The van der Waals surface area contributed by atoms with E-state index in [2.05, 4.69) is 4.72 Å². The van der Waals surface area contributed by atoms with Gasteiger partial charge in [-0.3, -0.25) is 9.52 Å². The molecule has 220 valence electrons. The van der Waals surface area contributed by atoms with Crippen molar-refractivity contribution in [2.24, 2.45) is 5.92 Å². The summed E-state index contributed by atoms with van der Waals surface area (Å²) in [5, 5.41) is 9.89. The molecule has 0 bridgehead atoms. The van der Waals surface area contributed by atoms with Gasteiger partial charge in [-0.1, -0.05) is 42.8 Å². The minimum absolute atomic E-state index is 0.00522. The lowest BCUT2D eigenvalue weighted by Crippen LogP contribution is -2.50. The van der Waals surface area contributed by atoms with E-state index in [0.29, 0.717) is 0 Å². The number of rotatable bonds is 9. The largest absolute Gasteiger partial charge is 0.488 e. The summed E-state index contributed by atoms with van der Waals surface area (Å²) in [6.45, 7) is 5.33. The molecule has 1 heterocycles. The van der Waals surface area contributed by atoms with Gasteiger partial charge in [-0.15, -0.1) is 0 Å². The number of hydrogen-bond donors (Lipinski definition) is 2. The zero-order valence-corrected chi connectivity index (χ0v) is 25.0. The Balaban J connectivity index is 1.68. The van der Waals surface area contributed by atoms with E-state index in [4.69, 9.17) is 4.74 Å². The summed E-state index contributed by atoms with van der Waals surface area (Å²) in [6.07, 6.45) is -0.660. The molecule has 0 saturated carbocycles. The molecule has 4 rings (SSSR count). The van der Waals surface area contributed by atoms with Gasteiger partial charge in [-0.2, -0.15) is 4.31 Å². The van der Waals surface area contributed by atoms with Crippen LogP contribution < -0.4 is 9.46 Å². The van der Waals surface area contributed by atoms with Gasteiger partial charge in [0.05, 0.1) is 34.5 Å². The van der Waals surface area contributed by atoms with E-state index in [1.165, 1.54) is 46.6 Å². The van der Waals surface area contributed by atoms with Gasteiger partial charge in [0.2, 0.25) is 10.0 Å². The van der Waals surface area contributed by atoms with Gasteiger partial charge in [0.1, 0.15) is 11.9 Å². The lowest BCUT2D eigenvalue weighted by Gasteiger charge is -2.38. The number of nitrogens with one attached hydrogen (secondary N) is 1. The number of sulfonamides is 2. The normalized spacial score (nSPS) is 18.7. The molecule has 0 saturated heterocycles. The van der Waals surface area contributed by atoms with E-state index >= 15 is 0 Å². The molecular weight excluding hydrogens is 566 g/mol. The molecule has 2 N–H and O–H groups in total. The SMILES string of the molecule is Cc1ccc(S(=O)(=O)N(C)C[C@@H]2Oc3ccc(NS(=O)(=O)c4ccccc4)cc3C(=O)N([C@@H](C)CO)C[C@@H]2C)cc1. The van der Waals surface area contributed by atoms with Crippen molar-refractivity contribution < 1.29 is 31.5 Å². The predicted octanol–water partition coefficient (Wildman–Crippen LogP) is 3.34. The number of likely N-dealkylation sites (N-methyl/N-ethyl adjacent to an activating group) is 1. The molecule has 0 spiro atoms. The molecule has 10 nitrogen and oxygen atoms in total. The van der Waals surface area contributed by atoms with Crippen LogP contribution in [0.4, 0.5) is 5.69 Å². The van der Waals surface area contributed by atoms with Crippen molar-refractivity contribution in [3.63, 3.8) is 0 Å². The number of carbonyl (C=O) groups is 1. The molecule has 0 radical (unpaired) electrons. The molecule has 3 aromatic carbocycles. The predicted molar refractivity (Wildman–Crippen MR) is 156 cm³/mol. The van der Waals surface area contributed by atoms with E-state index in [9.17, 15) is 26.7 Å². The fraction of sp³-hybridized carbons (Fsp3) is 0.345. The second kappa shape index (κ2) is 12.2. The quantitative estimate of drug-likeness (QED) is 0.384. The number of aliphatic hydroxyl groups excluding tert-OH is 1. The molecule has 1 aliphatic rings.